The molecule has 0 aromatic heterocycles. The summed E-state index contributed by atoms with van der Waals surface area (Å²) in [5.74, 6) is 0.813. The van der Waals surface area contributed by atoms with E-state index >= 15 is 0 Å². The number of quaternary nitrogens is 1. The minimum atomic E-state index is -0.557. The quantitative estimate of drug-likeness (QED) is 0.496. The normalized spacial score (nSPS) is 14.1. The van der Waals surface area contributed by atoms with Crippen molar-refractivity contribution >= 4 is 10.8 Å². The highest BCUT2D eigenvalue weighted by Gasteiger charge is 2.20. The number of rotatable bonds is 8. The molecule has 0 saturated carbocycles. The van der Waals surface area contributed by atoms with E-state index in [-0.39, 0.29) is 18.4 Å². The van der Waals surface area contributed by atoms with Crippen molar-refractivity contribution in [2.75, 3.05) is 13.7 Å². The van der Waals surface area contributed by atoms with Crippen LogP contribution in [0.1, 0.15) is 36.7 Å². The van der Waals surface area contributed by atoms with Crippen LogP contribution in [0, 0.1) is 0 Å². The van der Waals surface area contributed by atoms with E-state index in [4.69, 9.17) is 4.74 Å². The van der Waals surface area contributed by atoms with E-state index in [1.165, 1.54) is 0 Å². The fourth-order valence-electron chi connectivity index (χ4n) is 3.52. The van der Waals surface area contributed by atoms with Crippen LogP contribution in [-0.4, -0.2) is 29.9 Å². The summed E-state index contributed by atoms with van der Waals surface area (Å²) in [4.78, 5) is 0. The zero-order chi connectivity index (χ0) is 19.2. The molecular formula is C23H28ClNO3. The molecule has 0 aliphatic rings. The van der Waals surface area contributed by atoms with Gasteiger partial charge in [0, 0.05) is 11.8 Å². The Morgan fingerprint density at radius 1 is 0.893 bits per heavy atom. The number of ether oxygens (including phenoxy) is 1. The van der Waals surface area contributed by atoms with E-state index in [1.54, 1.807) is 7.11 Å². The van der Waals surface area contributed by atoms with Crippen molar-refractivity contribution in [3.8, 4) is 5.75 Å². The number of aliphatic hydroxyl groups is 2. The lowest BCUT2D eigenvalue weighted by atomic mass is 9.97. The molecule has 0 heterocycles. The van der Waals surface area contributed by atoms with Gasteiger partial charge in [0.2, 0.25) is 0 Å². The predicted octanol–water partition coefficient (Wildman–Crippen LogP) is -0.0386. The summed E-state index contributed by atoms with van der Waals surface area (Å²) >= 11 is 0. The summed E-state index contributed by atoms with van der Waals surface area (Å²) in [5.41, 5.74) is 1.83. The van der Waals surface area contributed by atoms with Crippen LogP contribution in [0.3, 0.4) is 0 Å². The molecule has 0 spiro atoms. The summed E-state index contributed by atoms with van der Waals surface area (Å²) in [6, 6.07) is 21.5. The van der Waals surface area contributed by atoms with Crippen LogP contribution < -0.4 is 22.5 Å². The lowest BCUT2D eigenvalue weighted by Crippen LogP contribution is -3.00. The van der Waals surface area contributed by atoms with E-state index in [0.29, 0.717) is 6.42 Å². The first-order valence-corrected chi connectivity index (χ1v) is 9.42. The molecule has 0 amide bonds. The topological polar surface area (TPSA) is 66.3 Å². The van der Waals surface area contributed by atoms with Gasteiger partial charge in [-0.05, 0) is 29.5 Å². The highest BCUT2D eigenvalue weighted by Crippen LogP contribution is 2.32. The van der Waals surface area contributed by atoms with E-state index in [0.717, 1.165) is 34.2 Å². The van der Waals surface area contributed by atoms with E-state index in [9.17, 15) is 10.2 Å². The Morgan fingerprint density at radius 2 is 1.54 bits per heavy atom. The van der Waals surface area contributed by atoms with Crippen LogP contribution in [0.5, 0.6) is 5.75 Å². The number of benzene rings is 3. The largest absolute Gasteiger partial charge is 1.00 e. The molecule has 28 heavy (non-hydrogen) atoms. The molecule has 3 aromatic carbocycles. The fraction of sp³-hybridized carbons (Fsp3) is 0.304. The maximum Gasteiger partial charge on any atom is 0.130 e. The van der Waals surface area contributed by atoms with Crippen molar-refractivity contribution < 1.29 is 32.7 Å². The molecule has 4 nitrogen and oxygen atoms in total. The van der Waals surface area contributed by atoms with Crippen molar-refractivity contribution in [2.24, 2.45) is 0 Å². The van der Waals surface area contributed by atoms with Crippen molar-refractivity contribution in [1.82, 2.24) is 0 Å². The summed E-state index contributed by atoms with van der Waals surface area (Å²) in [7, 11) is 1.66. The third-order valence-corrected chi connectivity index (χ3v) is 5.11. The minimum Gasteiger partial charge on any atom is -1.00 e. The Balaban J connectivity index is 0.00000280. The summed E-state index contributed by atoms with van der Waals surface area (Å²) in [6.45, 7) is 2.74. The average Bonchev–Trinajstić information content (AvgIpc) is 2.72. The van der Waals surface area contributed by atoms with E-state index in [1.807, 2.05) is 73.7 Å². The maximum atomic E-state index is 10.7. The van der Waals surface area contributed by atoms with Crippen LogP contribution in [0.2, 0.25) is 0 Å². The molecule has 0 aliphatic carbocycles. The molecule has 5 heteroatoms. The number of fused-ring (bicyclic) bond motifs is 1. The van der Waals surface area contributed by atoms with Crippen LogP contribution in [0.25, 0.3) is 10.8 Å². The number of halogens is 1. The second kappa shape index (κ2) is 10.4. The summed E-state index contributed by atoms with van der Waals surface area (Å²) in [5, 5.41) is 25.3. The minimum absolute atomic E-state index is 0. The molecule has 0 radical (unpaired) electrons. The second-order valence-corrected chi connectivity index (χ2v) is 6.95. The third-order valence-electron chi connectivity index (χ3n) is 5.11. The van der Waals surface area contributed by atoms with Gasteiger partial charge in [-0.25, -0.2) is 0 Å². The van der Waals surface area contributed by atoms with Crippen LogP contribution in [0.4, 0.5) is 0 Å². The fourth-order valence-corrected chi connectivity index (χ4v) is 3.52. The smallest absolute Gasteiger partial charge is 0.130 e. The van der Waals surface area contributed by atoms with Gasteiger partial charge in [-0.3, -0.25) is 0 Å². The zero-order valence-corrected chi connectivity index (χ0v) is 17.0. The Labute approximate surface area is 172 Å². The van der Waals surface area contributed by atoms with Crippen LogP contribution in [0.15, 0.2) is 66.7 Å². The standard InChI is InChI=1S/C23H27NO3.ClH/c1-16(23(26)17-8-4-3-5-9-17)24-15-14-21(25)19-12-13-22(27-2)20-11-7-6-10-18(19)20;/h3-13,16,21,23-26H,14-15H2,1-2H3;1H. The number of hydrogen-bond donors (Lipinski definition) is 3. The highest BCUT2D eigenvalue weighted by molar-refractivity contribution is 5.91. The van der Waals surface area contributed by atoms with Crippen molar-refractivity contribution in [2.45, 2.75) is 31.6 Å². The molecule has 0 fully saturated rings. The Bertz CT molecular complexity index is 872. The maximum absolute atomic E-state index is 10.7. The molecule has 4 N–H and O–H groups in total. The molecule has 3 rings (SSSR count). The first-order valence-electron chi connectivity index (χ1n) is 9.42. The predicted molar refractivity (Wildman–Crippen MR) is 108 cm³/mol. The van der Waals surface area contributed by atoms with E-state index in [2.05, 4.69) is 5.32 Å². The van der Waals surface area contributed by atoms with Gasteiger partial charge in [-0.15, -0.1) is 0 Å². The average molecular weight is 402 g/mol. The van der Waals surface area contributed by atoms with Crippen molar-refractivity contribution in [3.63, 3.8) is 0 Å². The molecular weight excluding hydrogens is 374 g/mol. The first-order chi connectivity index (χ1) is 13.1. The lowest BCUT2D eigenvalue weighted by molar-refractivity contribution is -0.695. The van der Waals surface area contributed by atoms with Gasteiger partial charge >= 0.3 is 0 Å². The molecule has 0 saturated heterocycles. The number of methoxy groups -OCH3 is 1. The molecule has 3 unspecified atom stereocenters. The monoisotopic (exact) mass is 401 g/mol. The van der Waals surface area contributed by atoms with Crippen molar-refractivity contribution in [1.29, 1.82) is 0 Å². The van der Waals surface area contributed by atoms with Crippen molar-refractivity contribution in [3.05, 3.63) is 77.9 Å². The van der Waals surface area contributed by atoms with Gasteiger partial charge in [-0.2, -0.15) is 0 Å². The SMILES string of the molecule is COc1ccc(C(O)CC[NH2+]C(C)C(O)c2ccccc2)c2ccccc12.[Cl-]. The van der Waals surface area contributed by atoms with Gasteiger partial charge in [0.25, 0.3) is 0 Å². The molecule has 0 aliphatic heterocycles. The Hall–Kier alpha value is -2.11. The van der Waals surface area contributed by atoms with Gasteiger partial charge in [0.05, 0.1) is 19.8 Å². The number of aliphatic hydroxyl groups excluding tert-OH is 2. The van der Waals surface area contributed by atoms with Crippen LogP contribution in [-0.2, 0) is 0 Å². The summed E-state index contributed by atoms with van der Waals surface area (Å²) in [6.07, 6.45) is -0.467. The summed E-state index contributed by atoms with van der Waals surface area (Å²) < 4.78 is 5.43. The van der Waals surface area contributed by atoms with Crippen LogP contribution >= 0.6 is 0 Å². The van der Waals surface area contributed by atoms with Gasteiger partial charge in [0.15, 0.2) is 0 Å². The third kappa shape index (κ3) is 5.03. The van der Waals surface area contributed by atoms with Gasteiger partial charge in [0.1, 0.15) is 17.9 Å². The first kappa shape index (κ1) is 22.2. The molecule has 3 aromatic rings. The number of nitrogens with two attached hydrogens (primary N) is 1. The zero-order valence-electron chi connectivity index (χ0n) is 16.3. The Morgan fingerprint density at radius 3 is 2.21 bits per heavy atom. The number of hydrogen-bond acceptors (Lipinski definition) is 3. The second-order valence-electron chi connectivity index (χ2n) is 6.95. The lowest BCUT2D eigenvalue weighted by Gasteiger charge is -2.19. The van der Waals surface area contributed by atoms with Gasteiger partial charge in [-0.1, -0.05) is 60.7 Å². The molecule has 150 valence electrons. The Kier molecular flexibility index (Phi) is 8.27. The highest BCUT2D eigenvalue weighted by atomic mass is 35.5. The molecule has 3 atom stereocenters. The van der Waals surface area contributed by atoms with Gasteiger partial charge < -0.3 is 32.7 Å². The molecule has 0 bridgehead atoms. The van der Waals surface area contributed by atoms with E-state index < -0.39 is 12.2 Å².